The molecule has 0 aliphatic carbocycles. The van der Waals surface area contributed by atoms with Crippen molar-refractivity contribution in [2.45, 2.75) is 19.6 Å². The number of rotatable bonds is 4. The van der Waals surface area contributed by atoms with Gasteiger partial charge < -0.3 is 5.32 Å². The van der Waals surface area contributed by atoms with Crippen molar-refractivity contribution in [1.29, 1.82) is 0 Å². The molecule has 0 aliphatic heterocycles. The SMILES string of the molecule is CCNCc1cccc(F)c1-n1cc(C(F)(F)F)cn1. The Kier molecular flexibility index (Phi) is 4.08. The number of hydrogen-bond donors (Lipinski definition) is 1. The Morgan fingerprint density at radius 2 is 2.05 bits per heavy atom. The minimum atomic E-state index is -4.49. The van der Waals surface area contributed by atoms with Crippen LogP contribution < -0.4 is 5.32 Å². The number of benzene rings is 1. The van der Waals surface area contributed by atoms with E-state index in [2.05, 4.69) is 10.4 Å². The van der Waals surface area contributed by atoms with Gasteiger partial charge in [0.1, 0.15) is 11.5 Å². The Balaban J connectivity index is 2.43. The summed E-state index contributed by atoms with van der Waals surface area (Å²) in [5.74, 6) is -0.614. The van der Waals surface area contributed by atoms with E-state index in [1.165, 1.54) is 12.1 Å². The van der Waals surface area contributed by atoms with Crippen LogP contribution in [0.25, 0.3) is 5.69 Å². The van der Waals surface area contributed by atoms with Gasteiger partial charge in [0.25, 0.3) is 0 Å². The quantitative estimate of drug-likeness (QED) is 0.876. The van der Waals surface area contributed by atoms with Crippen molar-refractivity contribution >= 4 is 0 Å². The van der Waals surface area contributed by atoms with E-state index in [9.17, 15) is 17.6 Å². The molecule has 0 saturated heterocycles. The molecule has 0 atom stereocenters. The van der Waals surface area contributed by atoms with Crippen LogP contribution in [0, 0.1) is 5.82 Å². The van der Waals surface area contributed by atoms with Gasteiger partial charge in [-0.2, -0.15) is 18.3 Å². The molecule has 1 N–H and O–H groups in total. The van der Waals surface area contributed by atoms with E-state index in [1.807, 2.05) is 6.92 Å². The molecule has 3 nitrogen and oxygen atoms in total. The largest absolute Gasteiger partial charge is 0.419 e. The van der Waals surface area contributed by atoms with Gasteiger partial charge in [0.2, 0.25) is 0 Å². The van der Waals surface area contributed by atoms with Gasteiger partial charge in [0.05, 0.1) is 11.8 Å². The molecule has 0 radical (unpaired) electrons. The molecule has 2 aromatic rings. The molecule has 0 unspecified atom stereocenters. The third-order valence-electron chi connectivity index (χ3n) is 2.77. The minimum absolute atomic E-state index is 0.0314. The van der Waals surface area contributed by atoms with Gasteiger partial charge in [-0.1, -0.05) is 19.1 Å². The summed E-state index contributed by atoms with van der Waals surface area (Å²) in [4.78, 5) is 0. The first-order valence-corrected chi connectivity index (χ1v) is 6.04. The van der Waals surface area contributed by atoms with E-state index in [0.29, 0.717) is 24.8 Å². The highest BCUT2D eigenvalue weighted by Gasteiger charge is 2.32. The van der Waals surface area contributed by atoms with Crippen molar-refractivity contribution < 1.29 is 17.6 Å². The van der Waals surface area contributed by atoms with Crippen molar-refractivity contribution in [3.8, 4) is 5.69 Å². The molecule has 20 heavy (non-hydrogen) atoms. The normalized spacial score (nSPS) is 11.8. The highest BCUT2D eigenvalue weighted by molar-refractivity contribution is 5.42. The van der Waals surface area contributed by atoms with E-state index in [-0.39, 0.29) is 5.69 Å². The van der Waals surface area contributed by atoms with Gasteiger partial charge in [-0.15, -0.1) is 0 Å². The summed E-state index contributed by atoms with van der Waals surface area (Å²) in [7, 11) is 0. The number of nitrogens with one attached hydrogen (secondary N) is 1. The third-order valence-corrected chi connectivity index (χ3v) is 2.77. The van der Waals surface area contributed by atoms with Crippen LogP contribution in [0.15, 0.2) is 30.6 Å². The summed E-state index contributed by atoms with van der Waals surface area (Å²) >= 11 is 0. The predicted molar refractivity (Wildman–Crippen MR) is 65.9 cm³/mol. The second-order valence-electron chi connectivity index (χ2n) is 4.20. The van der Waals surface area contributed by atoms with Crippen LogP contribution in [0.4, 0.5) is 17.6 Å². The van der Waals surface area contributed by atoms with E-state index in [4.69, 9.17) is 0 Å². The maximum absolute atomic E-state index is 13.9. The van der Waals surface area contributed by atoms with Crippen LogP contribution in [0.2, 0.25) is 0 Å². The summed E-state index contributed by atoms with van der Waals surface area (Å²) < 4.78 is 52.5. The Hall–Kier alpha value is -1.89. The average Bonchev–Trinajstić information content (AvgIpc) is 2.85. The van der Waals surface area contributed by atoms with Gasteiger partial charge in [0.15, 0.2) is 0 Å². The average molecular weight is 287 g/mol. The minimum Gasteiger partial charge on any atom is -0.313 e. The lowest BCUT2D eigenvalue weighted by atomic mass is 10.1. The van der Waals surface area contributed by atoms with E-state index in [0.717, 1.165) is 10.9 Å². The molecule has 0 bridgehead atoms. The molecule has 0 spiro atoms. The first-order chi connectivity index (χ1) is 9.43. The molecule has 0 saturated carbocycles. The van der Waals surface area contributed by atoms with Gasteiger partial charge in [-0.25, -0.2) is 9.07 Å². The van der Waals surface area contributed by atoms with Crippen LogP contribution in [0.3, 0.4) is 0 Å². The fourth-order valence-corrected chi connectivity index (χ4v) is 1.81. The van der Waals surface area contributed by atoms with Crippen LogP contribution >= 0.6 is 0 Å². The molecule has 108 valence electrons. The highest BCUT2D eigenvalue weighted by atomic mass is 19.4. The van der Waals surface area contributed by atoms with Gasteiger partial charge >= 0.3 is 6.18 Å². The molecule has 1 aromatic heterocycles. The number of nitrogens with zero attached hydrogens (tertiary/aromatic N) is 2. The zero-order valence-electron chi connectivity index (χ0n) is 10.7. The van der Waals surface area contributed by atoms with Crippen molar-refractivity contribution in [2.75, 3.05) is 6.54 Å². The Bertz CT molecular complexity index is 590. The standard InChI is InChI=1S/C13H13F4N3/c1-2-18-6-9-4-3-5-11(14)12(9)20-8-10(7-19-20)13(15,16)17/h3-5,7-8,18H,2,6H2,1H3. The number of hydrogen-bond acceptors (Lipinski definition) is 2. The Morgan fingerprint density at radius 3 is 2.65 bits per heavy atom. The first-order valence-electron chi connectivity index (χ1n) is 6.04. The molecule has 1 aromatic carbocycles. The van der Waals surface area contributed by atoms with Crippen molar-refractivity contribution in [3.05, 3.63) is 47.5 Å². The Morgan fingerprint density at radius 1 is 1.30 bits per heavy atom. The lowest BCUT2D eigenvalue weighted by Gasteiger charge is -2.11. The fraction of sp³-hybridized carbons (Fsp3) is 0.308. The molecule has 0 fully saturated rings. The number of aromatic nitrogens is 2. The maximum Gasteiger partial charge on any atom is 0.419 e. The molecule has 2 rings (SSSR count). The number of para-hydroxylation sites is 1. The van der Waals surface area contributed by atoms with Crippen molar-refractivity contribution in [3.63, 3.8) is 0 Å². The monoisotopic (exact) mass is 287 g/mol. The van der Waals surface area contributed by atoms with E-state index >= 15 is 0 Å². The molecular weight excluding hydrogens is 274 g/mol. The first kappa shape index (κ1) is 14.5. The van der Waals surface area contributed by atoms with Crippen LogP contribution in [0.5, 0.6) is 0 Å². The lowest BCUT2D eigenvalue weighted by molar-refractivity contribution is -0.137. The highest BCUT2D eigenvalue weighted by Crippen LogP contribution is 2.30. The number of halogens is 4. The maximum atomic E-state index is 13.9. The zero-order chi connectivity index (χ0) is 14.8. The Labute approximate surface area is 113 Å². The second-order valence-corrected chi connectivity index (χ2v) is 4.20. The number of alkyl halides is 3. The van der Waals surface area contributed by atoms with Crippen LogP contribution in [0.1, 0.15) is 18.1 Å². The molecule has 0 amide bonds. The van der Waals surface area contributed by atoms with Gasteiger partial charge in [-0.05, 0) is 18.2 Å². The molecular formula is C13H13F4N3. The van der Waals surface area contributed by atoms with E-state index in [1.54, 1.807) is 6.07 Å². The van der Waals surface area contributed by atoms with E-state index < -0.39 is 17.6 Å². The van der Waals surface area contributed by atoms with Crippen LogP contribution in [-0.4, -0.2) is 16.3 Å². The molecule has 0 aliphatic rings. The van der Waals surface area contributed by atoms with Gasteiger partial charge in [-0.3, -0.25) is 0 Å². The van der Waals surface area contributed by atoms with Gasteiger partial charge in [0, 0.05) is 12.7 Å². The summed E-state index contributed by atoms with van der Waals surface area (Å²) in [6.07, 6.45) is -3.03. The zero-order valence-corrected chi connectivity index (χ0v) is 10.7. The lowest BCUT2D eigenvalue weighted by Crippen LogP contribution is -2.15. The fourth-order valence-electron chi connectivity index (χ4n) is 1.81. The van der Waals surface area contributed by atoms with Crippen LogP contribution in [-0.2, 0) is 12.7 Å². The topological polar surface area (TPSA) is 29.9 Å². The summed E-state index contributed by atoms with van der Waals surface area (Å²) in [5, 5.41) is 6.62. The predicted octanol–water partition coefficient (Wildman–Crippen LogP) is 3.14. The van der Waals surface area contributed by atoms with Crippen molar-refractivity contribution in [2.24, 2.45) is 0 Å². The molecule has 7 heteroatoms. The smallest absolute Gasteiger partial charge is 0.313 e. The summed E-state index contributed by atoms with van der Waals surface area (Å²) in [6.45, 7) is 2.91. The summed E-state index contributed by atoms with van der Waals surface area (Å²) in [6, 6.07) is 4.36. The molecule has 1 heterocycles. The second kappa shape index (κ2) is 5.62. The summed E-state index contributed by atoms with van der Waals surface area (Å²) in [5.41, 5.74) is -0.331. The van der Waals surface area contributed by atoms with Crippen molar-refractivity contribution in [1.82, 2.24) is 15.1 Å². The third kappa shape index (κ3) is 2.98.